The monoisotopic (exact) mass is 222 g/mol. The highest BCUT2D eigenvalue weighted by molar-refractivity contribution is 7.80. The largest absolute Gasteiger partial charge is 0.294 e. The summed E-state index contributed by atoms with van der Waals surface area (Å²) in [5.41, 5.74) is 2.13. The Kier molecular flexibility index (Phi) is 5.48. The molecule has 0 spiro atoms. The molecule has 0 heterocycles. The van der Waals surface area contributed by atoms with Gasteiger partial charge in [-0.1, -0.05) is 37.6 Å². The quantitative estimate of drug-likeness (QED) is 0.575. The van der Waals surface area contributed by atoms with Gasteiger partial charge in [0.2, 0.25) is 0 Å². The highest BCUT2D eigenvalue weighted by Crippen LogP contribution is 2.09. The van der Waals surface area contributed by atoms with E-state index in [-0.39, 0.29) is 5.78 Å². The maximum atomic E-state index is 11.5. The summed E-state index contributed by atoms with van der Waals surface area (Å²) in [5, 5.41) is 0. The highest BCUT2D eigenvalue weighted by Gasteiger charge is 2.03. The second-order valence-electron chi connectivity index (χ2n) is 3.70. The van der Waals surface area contributed by atoms with Crippen molar-refractivity contribution >= 4 is 18.4 Å². The van der Waals surface area contributed by atoms with Crippen molar-refractivity contribution < 1.29 is 4.79 Å². The molecule has 1 rings (SSSR count). The van der Waals surface area contributed by atoms with E-state index in [9.17, 15) is 4.79 Å². The average molecular weight is 222 g/mol. The Morgan fingerprint density at radius 1 is 1.27 bits per heavy atom. The SMILES string of the molecule is CCCCc1ccc(C(=O)CCS)cc1. The molecule has 0 fully saturated rings. The lowest BCUT2D eigenvalue weighted by molar-refractivity contribution is 0.0989. The van der Waals surface area contributed by atoms with Crippen molar-refractivity contribution in [2.75, 3.05) is 5.75 Å². The van der Waals surface area contributed by atoms with E-state index in [0.717, 1.165) is 12.0 Å². The number of hydrogen-bond donors (Lipinski definition) is 1. The lowest BCUT2D eigenvalue weighted by Crippen LogP contribution is -1.99. The predicted molar refractivity (Wildman–Crippen MR) is 67.9 cm³/mol. The molecule has 0 aromatic heterocycles. The summed E-state index contributed by atoms with van der Waals surface area (Å²) in [7, 11) is 0. The van der Waals surface area contributed by atoms with Crippen molar-refractivity contribution in [2.45, 2.75) is 32.6 Å². The van der Waals surface area contributed by atoms with Crippen molar-refractivity contribution in [3.05, 3.63) is 35.4 Å². The van der Waals surface area contributed by atoms with Gasteiger partial charge in [-0.3, -0.25) is 4.79 Å². The minimum Gasteiger partial charge on any atom is -0.294 e. The molecule has 0 saturated carbocycles. The molecule has 0 bridgehead atoms. The lowest BCUT2D eigenvalue weighted by atomic mass is 10.0. The van der Waals surface area contributed by atoms with E-state index in [4.69, 9.17) is 0 Å². The van der Waals surface area contributed by atoms with Gasteiger partial charge in [-0.05, 0) is 24.2 Å². The Balaban J connectivity index is 2.59. The van der Waals surface area contributed by atoms with Crippen molar-refractivity contribution in [1.29, 1.82) is 0 Å². The Morgan fingerprint density at radius 3 is 2.47 bits per heavy atom. The number of ketones is 1. The van der Waals surface area contributed by atoms with Crippen LogP contribution in [0.4, 0.5) is 0 Å². The summed E-state index contributed by atoms with van der Waals surface area (Å²) in [5.74, 6) is 0.809. The third-order valence-electron chi connectivity index (χ3n) is 2.43. The van der Waals surface area contributed by atoms with Gasteiger partial charge in [0.15, 0.2) is 5.78 Å². The first kappa shape index (κ1) is 12.3. The van der Waals surface area contributed by atoms with Crippen molar-refractivity contribution in [1.82, 2.24) is 0 Å². The van der Waals surface area contributed by atoms with E-state index in [1.165, 1.54) is 18.4 Å². The third kappa shape index (κ3) is 4.08. The summed E-state index contributed by atoms with van der Waals surface area (Å²) in [6.07, 6.45) is 4.05. The van der Waals surface area contributed by atoms with Crippen molar-refractivity contribution in [2.24, 2.45) is 0 Å². The maximum Gasteiger partial charge on any atom is 0.163 e. The van der Waals surface area contributed by atoms with Crippen LogP contribution in [0.1, 0.15) is 42.1 Å². The lowest BCUT2D eigenvalue weighted by Gasteiger charge is -2.02. The average Bonchev–Trinajstić information content (AvgIpc) is 2.27. The van der Waals surface area contributed by atoms with Crippen LogP contribution < -0.4 is 0 Å². The number of aryl methyl sites for hydroxylation is 1. The van der Waals surface area contributed by atoms with Crippen LogP contribution in [0.3, 0.4) is 0 Å². The van der Waals surface area contributed by atoms with Gasteiger partial charge in [-0.2, -0.15) is 12.6 Å². The molecule has 1 aromatic carbocycles. The summed E-state index contributed by atoms with van der Waals surface area (Å²) < 4.78 is 0. The fraction of sp³-hybridized carbons (Fsp3) is 0.462. The van der Waals surface area contributed by atoms with Gasteiger partial charge < -0.3 is 0 Å². The summed E-state index contributed by atoms with van der Waals surface area (Å²) in [6, 6.07) is 7.97. The number of carbonyl (C=O) groups excluding carboxylic acids is 1. The fourth-order valence-corrected chi connectivity index (χ4v) is 1.69. The van der Waals surface area contributed by atoms with E-state index in [1.54, 1.807) is 0 Å². The first-order valence-corrected chi connectivity index (χ1v) is 6.14. The summed E-state index contributed by atoms with van der Waals surface area (Å²) >= 11 is 4.06. The van der Waals surface area contributed by atoms with Crippen LogP contribution in [0.25, 0.3) is 0 Å². The molecule has 0 aliphatic rings. The number of hydrogen-bond acceptors (Lipinski definition) is 2. The van der Waals surface area contributed by atoms with Gasteiger partial charge in [0.05, 0.1) is 0 Å². The van der Waals surface area contributed by atoms with Gasteiger partial charge in [0, 0.05) is 12.0 Å². The molecule has 1 aromatic rings. The molecule has 1 nitrogen and oxygen atoms in total. The number of unbranched alkanes of at least 4 members (excludes halogenated alkanes) is 1. The molecular weight excluding hydrogens is 204 g/mol. The Morgan fingerprint density at radius 2 is 1.93 bits per heavy atom. The van der Waals surface area contributed by atoms with Gasteiger partial charge in [-0.25, -0.2) is 0 Å². The number of carbonyl (C=O) groups is 1. The maximum absolute atomic E-state index is 11.5. The fourth-order valence-electron chi connectivity index (χ4n) is 1.48. The second-order valence-corrected chi connectivity index (χ2v) is 4.14. The zero-order chi connectivity index (χ0) is 11.1. The first-order chi connectivity index (χ1) is 7.27. The molecular formula is C13H18OS. The van der Waals surface area contributed by atoms with E-state index >= 15 is 0 Å². The molecule has 0 aliphatic carbocycles. The van der Waals surface area contributed by atoms with Crippen molar-refractivity contribution in [3.8, 4) is 0 Å². The highest BCUT2D eigenvalue weighted by atomic mass is 32.1. The molecule has 2 heteroatoms. The Labute approximate surface area is 97.3 Å². The van der Waals surface area contributed by atoms with E-state index in [0.29, 0.717) is 12.2 Å². The topological polar surface area (TPSA) is 17.1 Å². The van der Waals surface area contributed by atoms with Crippen molar-refractivity contribution in [3.63, 3.8) is 0 Å². The standard InChI is InChI=1S/C13H18OS/c1-2-3-4-11-5-7-12(8-6-11)13(14)9-10-15/h5-8,15H,2-4,9-10H2,1H3. The molecule has 0 saturated heterocycles. The Hall–Kier alpha value is -0.760. The minimum absolute atomic E-state index is 0.187. The number of Topliss-reactive ketones (excluding diaryl/α,β-unsaturated/α-hetero) is 1. The molecule has 0 unspecified atom stereocenters. The molecule has 15 heavy (non-hydrogen) atoms. The smallest absolute Gasteiger partial charge is 0.163 e. The zero-order valence-electron chi connectivity index (χ0n) is 9.20. The van der Waals surface area contributed by atoms with Crippen LogP contribution in [0.5, 0.6) is 0 Å². The number of benzene rings is 1. The van der Waals surface area contributed by atoms with Crippen LogP contribution in [0, 0.1) is 0 Å². The zero-order valence-corrected chi connectivity index (χ0v) is 10.1. The third-order valence-corrected chi connectivity index (χ3v) is 2.66. The molecule has 82 valence electrons. The summed E-state index contributed by atoms with van der Waals surface area (Å²) in [6.45, 7) is 2.19. The normalized spacial score (nSPS) is 10.3. The first-order valence-electron chi connectivity index (χ1n) is 5.51. The molecule has 0 N–H and O–H groups in total. The van der Waals surface area contributed by atoms with E-state index in [2.05, 4.69) is 31.7 Å². The van der Waals surface area contributed by atoms with E-state index < -0.39 is 0 Å². The Bertz CT molecular complexity index is 303. The van der Waals surface area contributed by atoms with Crippen LogP contribution in [-0.4, -0.2) is 11.5 Å². The molecule has 0 aliphatic heterocycles. The second kappa shape index (κ2) is 6.67. The van der Waals surface area contributed by atoms with Gasteiger partial charge >= 0.3 is 0 Å². The van der Waals surface area contributed by atoms with Gasteiger partial charge in [-0.15, -0.1) is 0 Å². The molecule has 0 atom stereocenters. The number of thiol groups is 1. The van der Waals surface area contributed by atoms with Crippen LogP contribution in [-0.2, 0) is 6.42 Å². The summed E-state index contributed by atoms with van der Waals surface area (Å²) in [4.78, 5) is 11.5. The number of rotatable bonds is 6. The van der Waals surface area contributed by atoms with Gasteiger partial charge in [0.25, 0.3) is 0 Å². The van der Waals surface area contributed by atoms with Crippen LogP contribution >= 0.6 is 12.6 Å². The predicted octanol–water partition coefficient (Wildman–Crippen LogP) is 3.53. The van der Waals surface area contributed by atoms with E-state index in [1.807, 2.05) is 12.1 Å². The minimum atomic E-state index is 0.187. The van der Waals surface area contributed by atoms with Gasteiger partial charge in [0.1, 0.15) is 0 Å². The molecule has 0 radical (unpaired) electrons. The van der Waals surface area contributed by atoms with Crippen LogP contribution in [0.15, 0.2) is 24.3 Å². The van der Waals surface area contributed by atoms with Crippen LogP contribution in [0.2, 0.25) is 0 Å². The molecule has 0 amide bonds.